The number of Topliss-reactive ketones (excluding diaryl/α,β-unsaturated/α-hetero) is 1. The Bertz CT molecular complexity index is 679. The van der Waals surface area contributed by atoms with Crippen LogP contribution < -0.4 is 0 Å². The molecule has 1 aliphatic rings. The highest BCUT2D eigenvalue weighted by molar-refractivity contribution is 6.15. The SMILES string of the molecule is CC(=O)N1C/C(=C\c2ccco2)C(=O)/C(=C/c2ccco2)C1. The average Bonchev–Trinajstić information content (AvgIpc) is 3.16. The largest absolute Gasteiger partial charge is 0.465 e. The molecule has 0 radical (unpaired) electrons. The van der Waals surface area contributed by atoms with Crippen molar-refractivity contribution in [3.8, 4) is 0 Å². The number of carbonyl (C=O) groups is 2. The van der Waals surface area contributed by atoms with Crippen LogP contribution in [0.2, 0.25) is 0 Å². The topological polar surface area (TPSA) is 63.7 Å². The fourth-order valence-corrected chi connectivity index (χ4v) is 2.35. The average molecular weight is 297 g/mol. The molecule has 0 aliphatic carbocycles. The maximum Gasteiger partial charge on any atom is 0.220 e. The van der Waals surface area contributed by atoms with Crippen LogP contribution in [-0.2, 0) is 9.59 Å². The Morgan fingerprint density at radius 1 is 1.05 bits per heavy atom. The van der Waals surface area contributed by atoms with E-state index in [9.17, 15) is 9.59 Å². The second-order valence-electron chi connectivity index (χ2n) is 5.07. The van der Waals surface area contributed by atoms with Crippen molar-refractivity contribution in [1.29, 1.82) is 0 Å². The third kappa shape index (κ3) is 2.93. The summed E-state index contributed by atoms with van der Waals surface area (Å²) in [5.41, 5.74) is 1.04. The Morgan fingerprint density at radius 2 is 1.55 bits per heavy atom. The fraction of sp³-hybridized carbons (Fsp3) is 0.176. The number of nitrogens with zero attached hydrogens (tertiary/aromatic N) is 1. The first-order valence-corrected chi connectivity index (χ1v) is 6.92. The normalized spacial score (nSPS) is 19.1. The van der Waals surface area contributed by atoms with E-state index in [1.807, 2.05) is 0 Å². The monoisotopic (exact) mass is 297 g/mol. The zero-order valence-corrected chi connectivity index (χ0v) is 12.1. The number of amides is 1. The smallest absolute Gasteiger partial charge is 0.220 e. The molecule has 1 fully saturated rings. The number of ketones is 1. The van der Waals surface area contributed by atoms with E-state index in [1.165, 1.54) is 6.92 Å². The molecule has 5 heteroatoms. The molecule has 3 rings (SSSR count). The third-order valence-corrected chi connectivity index (χ3v) is 3.47. The van der Waals surface area contributed by atoms with Crippen LogP contribution in [0.3, 0.4) is 0 Å². The van der Waals surface area contributed by atoms with Crippen molar-refractivity contribution >= 4 is 23.8 Å². The molecule has 22 heavy (non-hydrogen) atoms. The molecule has 0 unspecified atom stereocenters. The van der Waals surface area contributed by atoms with Crippen molar-refractivity contribution in [2.24, 2.45) is 0 Å². The molecule has 1 amide bonds. The van der Waals surface area contributed by atoms with Crippen molar-refractivity contribution in [1.82, 2.24) is 4.90 Å². The van der Waals surface area contributed by atoms with Crippen LogP contribution in [0.4, 0.5) is 0 Å². The van der Waals surface area contributed by atoms with Gasteiger partial charge in [0.05, 0.1) is 12.5 Å². The quantitative estimate of drug-likeness (QED) is 0.800. The minimum Gasteiger partial charge on any atom is -0.465 e. The Labute approximate surface area is 127 Å². The molecule has 2 aromatic rings. The van der Waals surface area contributed by atoms with Crippen LogP contribution in [0, 0.1) is 0 Å². The van der Waals surface area contributed by atoms with Crippen molar-refractivity contribution in [3.05, 3.63) is 59.5 Å². The van der Waals surface area contributed by atoms with Gasteiger partial charge < -0.3 is 13.7 Å². The van der Waals surface area contributed by atoms with Gasteiger partial charge in [-0.1, -0.05) is 0 Å². The molecule has 112 valence electrons. The van der Waals surface area contributed by atoms with E-state index in [1.54, 1.807) is 53.8 Å². The number of hydrogen-bond acceptors (Lipinski definition) is 4. The molecule has 5 nitrogen and oxygen atoms in total. The number of rotatable bonds is 2. The Morgan fingerprint density at radius 3 is 1.91 bits per heavy atom. The van der Waals surface area contributed by atoms with Gasteiger partial charge in [0.1, 0.15) is 11.5 Å². The van der Waals surface area contributed by atoms with Gasteiger partial charge in [-0.25, -0.2) is 0 Å². The molecule has 0 atom stereocenters. The molecule has 0 spiro atoms. The van der Waals surface area contributed by atoms with Crippen LogP contribution in [0.1, 0.15) is 18.4 Å². The molecule has 0 saturated carbocycles. The standard InChI is InChI=1S/C17H15NO4/c1-12(19)18-10-13(8-15-4-2-6-21-15)17(20)14(11-18)9-16-5-3-7-22-16/h2-9H,10-11H2,1H3/b13-8+,14-9+. The number of likely N-dealkylation sites (tertiary alicyclic amines) is 1. The van der Waals surface area contributed by atoms with E-state index in [-0.39, 0.29) is 24.8 Å². The van der Waals surface area contributed by atoms with Crippen LogP contribution >= 0.6 is 0 Å². The van der Waals surface area contributed by atoms with Gasteiger partial charge in [0, 0.05) is 31.2 Å². The zero-order chi connectivity index (χ0) is 15.5. The van der Waals surface area contributed by atoms with E-state index in [4.69, 9.17) is 8.83 Å². The Kier molecular flexibility index (Phi) is 3.78. The first-order valence-electron chi connectivity index (χ1n) is 6.92. The minimum absolute atomic E-state index is 0.0804. The summed E-state index contributed by atoms with van der Waals surface area (Å²) in [6.45, 7) is 2.06. The van der Waals surface area contributed by atoms with E-state index in [2.05, 4.69) is 0 Å². The first kappa shape index (κ1) is 14.1. The Hall–Kier alpha value is -2.82. The summed E-state index contributed by atoms with van der Waals surface area (Å²) in [5.74, 6) is 1.01. The lowest BCUT2D eigenvalue weighted by atomic mass is 9.96. The fourth-order valence-electron chi connectivity index (χ4n) is 2.35. The van der Waals surface area contributed by atoms with Gasteiger partial charge in [0.15, 0.2) is 5.78 Å². The van der Waals surface area contributed by atoms with Crippen molar-refractivity contribution in [2.75, 3.05) is 13.1 Å². The molecule has 2 aromatic heterocycles. The molecule has 3 heterocycles. The molecule has 1 saturated heterocycles. The van der Waals surface area contributed by atoms with Gasteiger partial charge in [0.2, 0.25) is 5.91 Å². The summed E-state index contributed by atoms with van der Waals surface area (Å²) in [4.78, 5) is 25.9. The van der Waals surface area contributed by atoms with Crippen molar-refractivity contribution in [3.63, 3.8) is 0 Å². The second-order valence-corrected chi connectivity index (χ2v) is 5.07. The second kappa shape index (κ2) is 5.89. The number of piperidine rings is 1. The molecular weight excluding hydrogens is 282 g/mol. The maximum absolute atomic E-state index is 12.6. The van der Waals surface area contributed by atoms with Crippen LogP contribution in [0.5, 0.6) is 0 Å². The summed E-state index contributed by atoms with van der Waals surface area (Å²) in [6, 6.07) is 7.04. The summed E-state index contributed by atoms with van der Waals surface area (Å²) in [6.07, 6.45) is 6.44. The van der Waals surface area contributed by atoms with Gasteiger partial charge in [-0.15, -0.1) is 0 Å². The molecule has 0 aromatic carbocycles. The third-order valence-electron chi connectivity index (χ3n) is 3.47. The lowest BCUT2D eigenvalue weighted by Gasteiger charge is -2.28. The van der Waals surface area contributed by atoms with E-state index < -0.39 is 0 Å². The van der Waals surface area contributed by atoms with Crippen molar-refractivity contribution in [2.45, 2.75) is 6.92 Å². The van der Waals surface area contributed by atoms with Gasteiger partial charge in [-0.05, 0) is 36.4 Å². The highest BCUT2D eigenvalue weighted by Crippen LogP contribution is 2.22. The van der Waals surface area contributed by atoms with E-state index in [0.29, 0.717) is 22.7 Å². The number of furan rings is 2. The van der Waals surface area contributed by atoms with Gasteiger partial charge >= 0.3 is 0 Å². The van der Waals surface area contributed by atoms with Crippen molar-refractivity contribution < 1.29 is 18.4 Å². The summed E-state index contributed by atoms with van der Waals surface area (Å²) >= 11 is 0. The Balaban J connectivity index is 1.97. The predicted molar refractivity (Wildman–Crippen MR) is 80.6 cm³/mol. The zero-order valence-electron chi connectivity index (χ0n) is 12.1. The van der Waals surface area contributed by atoms with E-state index in [0.717, 1.165) is 0 Å². The van der Waals surface area contributed by atoms with Crippen LogP contribution in [-0.4, -0.2) is 29.7 Å². The minimum atomic E-state index is -0.0923. The lowest BCUT2D eigenvalue weighted by molar-refractivity contribution is -0.129. The first-order chi connectivity index (χ1) is 10.6. The number of carbonyl (C=O) groups excluding carboxylic acids is 2. The van der Waals surface area contributed by atoms with Crippen LogP contribution in [0.25, 0.3) is 12.2 Å². The molecule has 1 aliphatic heterocycles. The molecular formula is C17H15NO4. The van der Waals surface area contributed by atoms with Gasteiger partial charge in [0.25, 0.3) is 0 Å². The van der Waals surface area contributed by atoms with Gasteiger partial charge in [-0.3, -0.25) is 9.59 Å². The number of hydrogen-bond donors (Lipinski definition) is 0. The predicted octanol–water partition coefficient (Wildman–Crippen LogP) is 2.77. The maximum atomic E-state index is 12.6. The van der Waals surface area contributed by atoms with E-state index >= 15 is 0 Å². The summed E-state index contributed by atoms with van der Waals surface area (Å²) in [7, 11) is 0. The highest BCUT2D eigenvalue weighted by Gasteiger charge is 2.27. The molecule has 0 N–H and O–H groups in total. The van der Waals surface area contributed by atoms with Gasteiger partial charge in [-0.2, -0.15) is 0 Å². The van der Waals surface area contributed by atoms with Crippen LogP contribution in [0.15, 0.2) is 56.8 Å². The summed E-state index contributed by atoms with van der Waals surface area (Å²) in [5, 5.41) is 0. The molecule has 0 bridgehead atoms. The lowest BCUT2D eigenvalue weighted by Crippen LogP contribution is -2.40. The summed E-state index contributed by atoms with van der Waals surface area (Å²) < 4.78 is 10.5. The highest BCUT2D eigenvalue weighted by atomic mass is 16.3.